The van der Waals surface area contributed by atoms with Crippen LogP contribution in [-0.2, 0) is 4.79 Å². The maximum Gasteiger partial charge on any atom is 1.00 e. The summed E-state index contributed by atoms with van der Waals surface area (Å²) in [5.74, 6) is -0.761. The molecule has 114 valence electrons. The van der Waals surface area contributed by atoms with Crippen LogP contribution in [0.25, 0.3) is 0 Å². The second kappa shape index (κ2) is 17.5. The van der Waals surface area contributed by atoms with Gasteiger partial charge in [-0.25, -0.2) is 0 Å². The minimum absolute atomic E-state index is 0. The summed E-state index contributed by atoms with van der Waals surface area (Å²) < 4.78 is 0. The standard InChI is InChI=1S/C16H33NO2.Na/c1-3-4-5-6-7-8-9-10-11-12-13-14-17-15(2)16(18)19;/h15,17H,3-14H2,1-2H3,(H,18,19);/q;+1. The summed E-state index contributed by atoms with van der Waals surface area (Å²) in [6.45, 7) is 4.78. The van der Waals surface area contributed by atoms with Crippen LogP contribution < -0.4 is 34.9 Å². The van der Waals surface area contributed by atoms with Gasteiger partial charge >= 0.3 is 35.5 Å². The van der Waals surface area contributed by atoms with Gasteiger partial charge in [0.2, 0.25) is 0 Å². The molecule has 20 heavy (non-hydrogen) atoms. The van der Waals surface area contributed by atoms with E-state index in [0.29, 0.717) is 0 Å². The summed E-state index contributed by atoms with van der Waals surface area (Å²) in [7, 11) is 0. The van der Waals surface area contributed by atoms with E-state index in [2.05, 4.69) is 12.2 Å². The molecule has 1 unspecified atom stereocenters. The Balaban J connectivity index is 0. The van der Waals surface area contributed by atoms with Crippen molar-refractivity contribution >= 4 is 5.97 Å². The Hall–Kier alpha value is 0.430. The molecule has 0 radical (unpaired) electrons. The van der Waals surface area contributed by atoms with Crippen molar-refractivity contribution in [2.75, 3.05) is 6.54 Å². The van der Waals surface area contributed by atoms with Crippen molar-refractivity contribution in [3.05, 3.63) is 0 Å². The summed E-state index contributed by atoms with van der Waals surface area (Å²) in [5, 5.41) is 11.7. The van der Waals surface area contributed by atoms with Crippen LogP contribution >= 0.6 is 0 Å². The third-order valence-electron chi connectivity index (χ3n) is 3.60. The Kier molecular flexibility index (Phi) is 19.8. The first-order valence-electron chi connectivity index (χ1n) is 8.14. The monoisotopic (exact) mass is 294 g/mol. The van der Waals surface area contributed by atoms with E-state index in [1.54, 1.807) is 6.92 Å². The molecule has 3 nitrogen and oxygen atoms in total. The molecule has 0 saturated heterocycles. The molecular formula is C16H33NNaO2+. The largest absolute Gasteiger partial charge is 1.00 e. The predicted molar refractivity (Wildman–Crippen MR) is 81.6 cm³/mol. The summed E-state index contributed by atoms with van der Waals surface area (Å²) in [6, 6.07) is -0.414. The molecule has 0 heterocycles. The van der Waals surface area contributed by atoms with Crippen molar-refractivity contribution in [3.63, 3.8) is 0 Å². The minimum Gasteiger partial charge on any atom is -0.480 e. The first-order chi connectivity index (χ1) is 9.18. The van der Waals surface area contributed by atoms with Crippen molar-refractivity contribution < 1.29 is 39.5 Å². The molecule has 0 fully saturated rings. The Morgan fingerprint density at radius 3 is 1.70 bits per heavy atom. The van der Waals surface area contributed by atoms with Crippen molar-refractivity contribution in [2.24, 2.45) is 0 Å². The molecule has 0 aromatic rings. The van der Waals surface area contributed by atoms with E-state index in [-0.39, 0.29) is 29.6 Å². The minimum atomic E-state index is -0.761. The van der Waals surface area contributed by atoms with Crippen LogP contribution in [-0.4, -0.2) is 23.7 Å². The zero-order valence-corrected chi connectivity index (χ0v) is 15.9. The maximum absolute atomic E-state index is 10.6. The summed E-state index contributed by atoms with van der Waals surface area (Å²) >= 11 is 0. The molecular weight excluding hydrogens is 261 g/mol. The van der Waals surface area contributed by atoms with E-state index < -0.39 is 12.0 Å². The molecule has 0 aliphatic carbocycles. The number of carboxylic acids is 1. The molecule has 0 aromatic heterocycles. The summed E-state index contributed by atoms with van der Waals surface area (Å²) in [4.78, 5) is 10.6. The van der Waals surface area contributed by atoms with E-state index in [4.69, 9.17) is 5.11 Å². The topological polar surface area (TPSA) is 49.3 Å². The van der Waals surface area contributed by atoms with Crippen LogP contribution in [0.3, 0.4) is 0 Å². The fourth-order valence-electron chi connectivity index (χ4n) is 2.20. The average molecular weight is 294 g/mol. The quantitative estimate of drug-likeness (QED) is 0.376. The Morgan fingerprint density at radius 1 is 0.900 bits per heavy atom. The van der Waals surface area contributed by atoms with E-state index in [9.17, 15) is 4.79 Å². The average Bonchev–Trinajstić information content (AvgIpc) is 2.39. The number of carboxylic acid groups (broad SMARTS) is 1. The molecule has 0 aromatic carbocycles. The van der Waals surface area contributed by atoms with Gasteiger partial charge in [0.15, 0.2) is 0 Å². The number of hydrogen-bond acceptors (Lipinski definition) is 2. The number of aliphatic carboxylic acids is 1. The smallest absolute Gasteiger partial charge is 0.480 e. The van der Waals surface area contributed by atoms with Gasteiger partial charge in [0.05, 0.1) is 0 Å². The molecule has 0 rings (SSSR count). The second-order valence-corrected chi connectivity index (χ2v) is 5.55. The number of carbonyl (C=O) groups is 1. The Labute approximate surface area is 147 Å². The van der Waals surface area contributed by atoms with Crippen molar-refractivity contribution in [2.45, 2.75) is 90.5 Å². The molecule has 0 spiro atoms. The summed E-state index contributed by atoms with van der Waals surface area (Å²) in [5.41, 5.74) is 0. The van der Waals surface area contributed by atoms with Gasteiger partial charge in [-0.15, -0.1) is 0 Å². The Morgan fingerprint density at radius 2 is 1.30 bits per heavy atom. The molecule has 2 N–H and O–H groups in total. The normalized spacial score (nSPS) is 11.9. The van der Waals surface area contributed by atoms with Gasteiger partial charge in [-0.2, -0.15) is 0 Å². The van der Waals surface area contributed by atoms with Crippen LogP contribution in [0.15, 0.2) is 0 Å². The van der Waals surface area contributed by atoms with E-state index in [1.165, 1.54) is 64.2 Å². The first-order valence-corrected chi connectivity index (χ1v) is 8.14. The SMILES string of the molecule is CCCCCCCCCCCCCNC(C)C(=O)O.[Na+]. The van der Waals surface area contributed by atoms with E-state index in [1.807, 2.05) is 0 Å². The van der Waals surface area contributed by atoms with Crippen molar-refractivity contribution in [3.8, 4) is 0 Å². The zero-order chi connectivity index (χ0) is 14.3. The van der Waals surface area contributed by atoms with Crippen LogP contribution in [0, 0.1) is 0 Å². The van der Waals surface area contributed by atoms with Gasteiger partial charge in [0.25, 0.3) is 0 Å². The fourth-order valence-corrected chi connectivity index (χ4v) is 2.20. The van der Waals surface area contributed by atoms with Crippen molar-refractivity contribution in [1.29, 1.82) is 0 Å². The van der Waals surface area contributed by atoms with Gasteiger partial charge in [-0.05, 0) is 19.9 Å². The van der Waals surface area contributed by atoms with E-state index in [0.717, 1.165) is 13.0 Å². The number of unbranched alkanes of at least 4 members (excludes halogenated alkanes) is 10. The number of nitrogens with one attached hydrogen (secondary N) is 1. The molecule has 0 aliphatic heterocycles. The third kappa shape index (κ3) is 16.5. The van der Waals surface area contributed by atoms with Gasteiger partial charge in [-0.1, -0.05) is 71.1 Å². The van der Waals surface area contributed by atoms with Gasteiger partial charge in [0.1, 0.15) is 6.04 Å². The second-order valence-electron chi connectivity index (χ2n) is 5.55. The molecule has 0 aliphatic rings. The van der Waals surface area contributed by atoms with Gasteiger partial charge < -0.3 is 10.4 Å². The predicted octanol–water partition coefficient (Wildman–Crippen LogP) is 1.36. The molecule has 1 atom stereocenters. The number of hydrogen-bond donors (Lipinski definition) is 2. The van der Waals surface area contributed by atoms with Gasteiger partial charge in [-0.3, -0.25) is 4.79 Å². The van der Waals surface area contributed by atoms with Crippen LogP contribution in [0.1, 0.15) is 84.5 Å². The molecule has 0 bridgehead atoms. The van der Waals surface area contributed by atoms with Crippen LogP contribution in [0.4, 0.5) is 0 Å². The zero-order valence-electron chi connectivity index (χ0n) is 13.9. The summed E-state index contributed by atoms with van der Waals surface area (Å²) in [6.07, 6.45) is 14.6. The third-order valence-corrected chi connectivity index (χ3v) is 3.60. The van der Waals surface area contributed by atoms with Crippen molar-refractivity contribution in [1.82, 2.24) is 5.32 Å². The Bertz CT molecular complexity index is 213. The molecule has 0 saturated carbocycles. The van der Waals surface area contributed by atoms with Gasteiger partial charge in [0, 0.05) is 0 Å². The number of rotatable bonds is 14. The van der Waals surface area contributed by atoms with Crippen LogP contribution in [0.5, 0.6) is 0 Å². The maximum atomic E-state index is 10.6. The molecule has 0 amide bonds. The first kappa shape index (κ1) is 22.7. The fraction of sp³-hybridized carbons (Fsp3) is 0.938. The van der Waals surface area contributed by atoms with E-state index >= 15 is 0 Å². The molecule has 4 heteroatoms. The van der Waals surface area contributed by atoms with Crippen LogP contribution in [0.2, 0.25) is 0 Å².